The molecule has 2 aromatic carbocycles. The van der Waals surface area contributed by atoms with Crippen molar-refractivity contribution in [3.8, 4) is 11.5 Å². The fourth-order valence-electron chi connectivity index (χ4n) is 4.85. The Labute approximate surface area is 211 Å². The van der Waals surface area contributed by atoms with E-state index in [1.165, 1.54) is 7.11 Å². The quantitative estimate of drug-likeness (QED) is 0.271. The molecule has 1 aromatic heterocycles. The van der Waals surface area contributed by atoms with Gasteiger partial charge in [-0.2, -0.15) is 4.39 Å². The number of benzene rings is 2. The summed E-state index contributed by atoms with van der Waals surface area (Å²) in [6.07, 6.45) is 0.966. The number of nitrogens with zero attached hydrogens (tertiary/aromatic N) is 2. The van der Waals surface area contributed by atoms with Crippen molar-refractivity contribution in [2.75, 3.05) is 40.0 Å². The highest BCUT2D eigenvalue weighted by Crippen LogP contribution is 2.40. The standard InChI is InChI=1S/C27H29F5N2O3/c1-36-18-2-3-23-19(14-18)25(22(31)15-33-23)20(29)4-5-27(16-35)6-8-34(9-7-27)10-11-37-24-13-17(28)12-21(30)26(24)32/h2-3,12-15,20,35H,4-11,16H2,1H3. The number of halogens is 5. The molecule has 37 heavy (non-hydrogen) atoms. The van der Waals surface area contributed by atoms with Crippen molar-refractivity contribution in [1.29, 1.82) is 0 Å². The molecule has 0 radical (unpaired) electrons. The lowest BCUT2D eigenvalue weighted by Gasteiger charge is -2.41. The molecule has 1 saturated heterocycles. The average Bonchev–Trinajstić information content (AvgIpc) is 2.90. The van der Waals surface area contributed by atoms with Gasteiger partial charge in [0.15, 0.2) is 11.6 Å². The Hall–Kier alpha value is -2.98. The first kappa shape index (κ1) is 27.1. The van der Waals surface area contributed by atoms with Crippen LogP contribution < -0.4 is 9.47 Å². The van der Waals surface area contributed by atoms with E-state index < -0.39 is 40.6 Å². The summed E-state index contributed by atoms with van der Waals surface area (Å²) in [6.45, 7) is 1.43. The van der Waals surface area contributed by atoms with Gasteiger partial charge in [-0.15, -0.1) is 0 Å². The van der Waals surface area contributed by atoms with E-state index in [0.717, 1.165) is 12.3 Å². The highest BCUT2D eigenvalue weighted by molar-refractivity contribution is 5.84. The molecule has 4 rings (SSSR count). The number of aliphatic hydroxyl groups excluding tert-OH is 1. The van der Waals surface area contributed by atoms with Crippen LogP contribution in [0.1, 0.15) is 37.4 Å². The Morgan fingerprint density at radius 2 is 1.84 bits per heavy atom. The lowest BCUT2D eigenvalue weighted by atomic mass is 9.74. The van der Waals surface area contributed by atoms with Gasteiger partial charge in [0.2, 0.25) is 5.82 Å². The Kier molecular flexibility index (Phi) is 8.49. The zero-order valence-corrected chi connectivity index (χ0v) is 20.5. The fourth-order valence-corrected chi connectivity index (χ4v) is 4.85. The van der Waals surface area contributed by atoms with Crippen molar-refractivity contribution >= 4 is 10.9 Å². The van der Waals surface area contributed by atoms with Crippen LogP contribution in [-0.2, 0) is 0 Å². The Balaban J connectivity index is 1.33. The van der Waals surface area contributed by atoms with Gasteiger partial charge in [0, 0.05) is 36.2 Å². The van der Waals surface area contributed by atoms with Crippen LogP contribution in [0.2, 0.25) is 0 Å². The lowest BCUT2D eigenvalue weighted by molar-refractivity contribution is 0.0263. The van der Waals surface area contributed by atoms with Crippen LogP contribution in [-0.4, -0.2) is 54.9 Å². The number of piperidine rings is 1. The van der Waals surface area contributed by atoms with Crippen LogP contribution in [0.3, 0.4) is 0 Å². The molecular weight excluding hydrogens is 495 g/mol. The van der Waals surface area contributed by atoms with Gasteiger partial charge in [-0.05, 0) is 62.4 Å². The van der Waals surface area contributed by atoms with E-state index in [2.05, 4.69) is 4.98 Å². The van der Waals surface area contributed by atoms with E-state index in [-0.39, 0.29) is 25.2 Å². The molecule has 10 heteroatoms. The molecule has 0 spiro atoms. The molecular formula is C27H29F5N2O3. The topological polar surface area (TPSA) is 54.8 Å². The smallest absolute Gasteiger partial charge is 0.200 e. The van der Waals surface area contributed by atoms with E-state index in [9.17, 15) is 22.7 Å². The Bertz CT molecular complexity index is 1230. The van der Waals surface area contributed by atoms with Crippen molar-refractivity contribution in [2.45, 2.75) is 31.9 Å². The van der Waals surface area contributed by atoms with Crippen molar-refractivity contribution < 1.29 is 36.5 Å². The minimum absolute atomic E-state index is 0.0242. The number of methoxy groups -OCH3 is 1. The normalized spacial score (nSPS) is 16.6. The predicted octanol–water partition coefficient (Wildman–Crippen LogP) is 5.74. The molecule has 2 heterocycles. The zero-order valence-electron chi connectivity index (χ0n) is 20.5. The second-order valence-electron chi connectivity index (χ2n) is 9.46. The van der Waals surface area contributed by atoms with Gasteiger partial charge in [-0.25, -0.2) is 17.6 Å². The first-order chi connectivity index (χ1) is 17.7. The lowest BCUT2D eigenvalue weighted by Crippen LogP contribution is -2.43. The summed E-state index contributed by atoms with van der Waals surface area (Å²) in [7, 11) is 1.48. The first-order valence-electron chi connectivity index (χ1n) is 12.1. The summed E-state index contributed by atoms with van der Waals surface area (Å²) >= 11 is 0. The SMILES string of the molecule is COc1ccc2ncc(F)c(C(F)CCC3(CO)CCN(CCOc4cc(F)cc(F)c4F)CC3)c2c1. The van der Waals surface area contributed by atoms with Gasteiger partial charge >= 0.3 is 0 Å². The van der Waals surface area contributed by atoms with E-state index >= 15 is 4.39 Å². The molecule has 1 N–H and O–H groups in total. The molecule has 0 bridgehead atoms. The van der Waals surface area contributed by atoms with E-state index in [0.29, 0.717) is 61.6 Å². The molecule has 3 aromatic rings. The van der Waals surface area contributed by atoms with E-state index in [1.54, 1.807) is 18.2 Å². The van der Waals surface area contributed by atoms with Crippen LogP contribution in [0.25, 0.3) is 10.9 Å². The van der Waals surface area contributed by atoms with Gasteiger partial charge in [0.05, 0.1) is 18.8 Å². The minimum Gasteiger partial charge on any atom is -0.497 e. The molecule has 0 saturated carbocycles. The van der Waals surface area contributed by atoms with Gasteiger partial charge in [0.25, 0.3) is 0 Å². The third-order valence-electron chi connectivity index (χ3n) is 7.19. The average molecular weight is 525 g/mol. The number of rotatable bonds is 10. The highest BCUT2D eigenvalue weighted by Gasteiger charge is 2.35. The first-order valence-corrected chi connectivity index (χ1v) is 12.1. The largest absolute Gasteiger partial charge is 0.497 e. The van der Waals surface area contributed by atoms with Crippen molar-refractivity contribution in [1.82, 2.24) is 9.88 Å². The summed E-state index contributed by atoms with van der Waals surface area (Å²) < 4.78 is 80.9. The molecule has 5 nitrogen and oxygen atoms in total. The summed E-state index contributed by atoms with van der Waals surface area (Å²) in [6, 6.07) is 6.14. The van der Waals surface area contributed by atoms with Crippen LogP contribution >= 0.6 is 0 Å². The van der Waals surface area contributed by atoms with Crippen molar-refractivity contribution in [3.05, 3.63) is 65.4 Å². The van der Waals surface area contributed by atoms with Gasteiger partial charge in [-0.3, -0.25) is 9.88 Å². The zero-order chi connectivity index (χ0) is 26.6. The maximum atomic E-state index is 15.4. The molecule has 1 fully saturated rings. The fraction of sp³-hybridized carbons (Fsp3) is 0.444. The number of fused-ring (bicyclic) bond motifs is 1. The summed E-state index contributed by atoms with van der Waals surface area (Å²) in [5, 5.41) is 10.5. The number of pyridine rings is 1. The number of aliphatic hydroxyl groups is 1. The number of alkyl halides is 1. The third-order valence-corrected chi connectivity index (χ3v) is 7.19. The number of ether oxygens (including phenoxy) is 2. The number of aromatic nitrogens is 1. The molecule has 1 aliphatic rings. The molecule has 1 aliphatic heterocycles. The summed E-state index contributed by atoms with van der Waals surface area (Å²) in [4.78, 5) is 6.06. The maximum Gasteiger partial charge on any atom is 0.200 e. The van der Waals surface area contributed by atoms with Crippen molar-refractivity contribution in [3.63, 3.8) is 0 Å². The third kappa shape index (κ3) is 6.13. The monoisotopic (exact) mass is 524 g/mol. The second-order valence-corrected chi connectivity index (χ2v) is 9.46. The minimum atomic E-state index is -1.59. The Morgan fingerprint density at radius 1 is 1.08 bits per heavy atom. The van der Waals surface area contributed by atoms with E-state index in [1.807, 2.05) is 4.90 Å². The molecule has 1 unspecified atom stereocenters. The molecule has 1 atom stereocenters. The predicted molar refractivity (Wildman–Crippen MR) is 128 cm³/mol. The van der Waals surface area contributed by atoms with Gasteiger partial charge in [0.1, 0.15) is 30.2 Å². The van der Waals surface area contributed by atoms with Gasteiger partial charge in [-0.1, -0.05) is 0 Å². The second kappa shape index (κ2) is 11.6. The van der Waals surface area contributed by atoms with Crippen molar-refractivity contribution in [2.24, 2.45) is 5.41 Å². The summed E-state index contributed by atoms with van der Waals surface area (Å²) in [5.41, 5.74) is -0.114. The number of likely N-dealkylation sites (tertiary alicyclic amines) is 1. The number of hydrogen-bond acceptors (Lipinski definition) is 5. The summed E-state index contributed by atoms with van der Waals surface area (Å²) in [5.74, 6) is -4.22. The highest BCUT2D eigenvalue weighted by atomic mass is 19.2. The van der Waals surface area contributed by atoms with E-state index in [4.69, 9.17) is 9.47 Å². The van der Waals surface area contributed by atoms with Crippen LogP contribution in [0.5, 0.6) is 11.5 Å². The molecule has 0 amide bonds. The van der Waals surface area contributed by atoms with Gasteiger partial charge < -0.3 is 14.6 Å². The molecule has 0 aliphatic carbocycles. The van der Waals surface area contributed by atoms with Crippen LogP contribution in [0.4, 0.5) is 22.0 Å². The maximum absolute atomic E-state index is 15.4. The Morgan fingerprint density at radius 3 is 2.54 bits per heavy atom. The van der Waals surface area contributed by atoms with Crippen LogP contribution in [0.15, 0.2) is 36.5 Å². The molecule has 200 valence electrons. The number of hydrogen-bond donors (Lipinski definition) is 1. The van der Waals surface area contributed by atoms with Crippen LogP contribution in [0, 0.1) is 28.7 Å².